The predicted molar refractivity (Wildman–Crippen MR) is 104 cm³/mol. The van der Waals surface area contributed by atoms with Crippen LogP contribution in [0.3, 0.4) is 0 Å². The first kappa shape index (κ1) is 18.4. The Hall–Kier alpha value is -3.41. The third-order valence-electron chi connectivity index (χ3n) is 3.78. The molecule has 0 aliphatic heterocycles. The lowest BCUT2D eigenvalue weighted by molar-refractivity contribution is 0.0955. The molecule has 3 aromatic rings. The number of para-hydroxylation sites is 1. The van der Waals surface area contributed by atoms with Crippen LogP contribution in [0.1, 0.15) is 29.8 Å². The fourth-order valence-corrected chi connectivity index (χ4v) is 2.37. The number of rotatable bonds is 6. The summed E-state index contributed by atoms with van der Waals surface area (Å²) in [5, 5.41) is 4.31. The minimum atomic E-state index is -0.383. The van der Waals surface area contributed by atoms with E-state index in [2.05, 4.69) is 24.4 Å². The van der Waals surface area contributed by atoms with E-state index >= 15 is 0 Å². The Balaban J connectivity index is 1.65. The van der Waals surface area contributed by atoms with Gasteiger partial charge in [0.2, 0.25) is 5.43 Å². The first-order valence-corrected chi connectivity index (χ1v) is 8.61. The Morgan fingerprint density at radius 2 is 1.93 bits per heavy atom. The van der Waals surface area contributed by atoms with Gasteiger partial charge in [-0.05, 0) is 42.3 Å². The maximum absolute atomic E-state index is 12.3. The number of amides is 1. The van der Waals surface area contributed by atoms with Crippen LogP contribution in [0.15, 0.2) is 69.1 Å². The molecule has 1 N–H and O–H groups in total. The zero-order valence-corrected chi connectivity index (χ0v) is 15.1. The van der Waals surface area contributed by atoms with E-state index in [1.165, 1.54) is 12.5 Å². The molecule has 27 heavy (non-hydrogen) atoms. The molecule has 0 atom stereocenters. The molecule has 0 spiro atoms. The first-order chi connectivity index (χ1) is 13.0. The average Bonchev–Trinajstić information content (AvgIpc) is 2.68. The minimum absolute atomic E-state index is 0.207. The molecular formula is C21H20N2O4. The number of hydrogen-bond donors (Lipinski definition) is 1. The van der Waals surface area contributed by atoms with Gasteiger partial charge in [0.25, 0.3) is 5.91 Å². The maximum atomic E-state index is 12.3. The van der Waals surface area contributed by atoms with Crippen molar-refractivity contribution in [2.45, 2.75) is 13.8 Å². The van der Waals surface area contributed by atoms with Crippen LogP contribution in [-0.4, -0.2) is 18.7 Å². The summed E-state index contributed by atoms with van der Waals surface area (Å²) in [5.41, 5.74) is 3.39. The normalized spacial score (nSPS) is 11.2. The van der Waals surface area contributed by atoms with Crippen molar-refractivity contribution in [2.75, 3.05) is 6.61 Å². The van der Waals surface area contributed by atoms with Crippen molar-refractivity contribution in [2.24, 2.45) is 11.0 Å². The molecule has 1 amide bonds. The fraction of sp³-hybridized carbons (Fsp3) is 0.190. The summed E-state index contributed by atoms with van der Waals surface area (Å²) in [7, 11) is 0. The number of hydrogen-bond acceptors (Lipinski definition) is 5. The van der Waals surface area contributed by atoms with Crippen LogP contribution in [-0.2, 0) is 0 Å². The molecule has 0 unspecified atom stereocenters. The molecule has 2 aromatic carbocycles. The lowest BCUT2D eigenvalue weighted by atomic mass is 10.2. The van der Waals surface area contributed by atoms with E-state index in [0.717, 1.165) is 0 Å². The van der Waals surface area contributed by atoms with Crippen molar-refractivity contribution in [3.8, 4) is 5.75 Å². The smallest absolute Gasteiger partial charge is 0.271 e. The molecule has 6 heteroatoms. The summed E-state index contributed by atoms with van der Waals surface area (Å²) in [4.78, 5) is 24.5. The van der Waals surface area contributed by atoms with Gasteiger partial charge < -0.3 is 9.15 Å². The van der Waals surface area contributed by atoms with Gasteiger partial charge in [-0.15, -0.1) is 0 Å². The third kappa shape index (κ3) is 4.61. The van der Waals surface area contributed by atoms with Gasteiger partial charge in [-0.2, -0.15) is 5.10 Å². The highest BCUT2D eigenvalue weighted by atomic mass is 16.5. The zero-order chi connectivity index (χ0) is 19.2. The van der Waals surface area contributed by atoms with Crippen LogP contribution in [0.5, 0.6) is 5.75 Å². The standard InChI is InChI=1S/C21H20N2O4/c1-14(2)12-26-17-9-7-15(8-10-17)21(25)23-22-11-16-13-27-19-6-4-3-5-18(19)20(16)24/h3-11,13-14H,12H2,1-2H3,(H,23,25). The molecular weight excluding hydrogens is 344 g/mol. The Bertz CT molecular complexity index is 1020. The molecule has 0 fully saturated rings. The van der Waals surface area contributed by atoms with Crippen molar-refractivity contribution >= 4 is 23.1 Å². The predicted octanol–water partition coefficient (Wildman–Crippen LogP) is 3.59. The van der Waals surface area contributed by atoms with Crippen molar-refractivity contribution in [1.29, 1.82) is 0 Å². The maximum Gasteiger partial charge on any atom is 0.271 e. The van der Waals surface area contributed by atoms with E-state index in [4.69, 9.17) is 9.15 Å². The molecule has 0 bridgehead atoms. The summed E-state index contributed by atoms with van der Waals surface area (Å²) in [6, 6.07) is 13.7. The first-order valence-electron chi connectivity index (χ1n) is 8.61. The topological polar surface area (TPSA) is 80.9 Å². The van der Waals surface area contributed by atoms with Gasteiger partial charge in [-0.1, -0.05) is 26.0 Å². The van der Waals surface area contributed by atoms with E-state index in [0.29, 0.717) is 34.8 Å². The quantitative estimate of drug-likeness (QED) is 0.535. The largest absolute Gasteiger partial charge is 0.493 e. The van der Waals surface area contributed by atoms with Gasteiger partial charge in [-0.25, -0.2) is 5.43 Å². The van der Waals surface area contributed by atoms with Crippen molar-refractivity contribution in [1.82, 2.24) is 5.43 Å². The second-order valence-corrected chi connectivity index (χ2v) is 6.44. The highest BCUT2D eigenvalue weighted by Crippen LogP contribution is 2.13. The fourth-order valence-electron chi connectivity index (χ4n) is 2.37. The molecule has 0 radical (unpaired) electrons. The average molecular weight is 364 g/mol. The number of fused-ring (bicyclic) bond motifs is 1. The Morgan fingerprint density at radius 1 is 1.19 bits per heavy atom. The van der Waals surface area contributed by atoms with Gasteiger partial charge in [0.1, 0.15) is 17.6 Å². The third-order valence-corrected chi connectivity index (χ3v) is 3.78. The number of carbonyl (C=O) groups is 1. The van der Waals surface area contributed by atoms with Gasteiger partial charge in [-0.3, -0.25) is 9.59 Å². The van der Waals surface area contributed by atoms with E-state index in [1.54, 1.807) is 48.5 Å². The van der Waals surface area contributed by atoms with Gasteiger partial charge >= 0.3 is 0 Å². The zero-order valence-electron chi connectivity index (χ0n) is 15.1. The van der Waals surface area contributed by atoms with E-state index in [-0.39, 0.29) is 16.9 Å². The van der Waals surface area contributed by atoms with Crippen molar-refractivity contribution in [3.05, 3.63) is 76.1 Å². The molecule has 1 aromatic heterocycles. The lowest BCUT2D eigenvalue weighted by Gasteiger charge is -2.08. The van der Waals surface area contributed by atoms with E-state index in [9.17, 15) is 9.59 Å². The molecule has 138 valence electrons. The van der Waals surface area contributed by atoms with Gasteiger partial charge in [0, 0.05) is 5.56 Å². The number of nitrogens with zero attached hydrogens (tertiary/aromatic N) is 1. The van der Waals surface area contributed by atoms with Crippen LogP contribution < -0.4 is 15.6 Å². The van der Waals surface area contributed by atoms with Crippen LogP contribution in [0.4, 0.5) is 0 Å². The molecule has 0 saturated carbocycles. The Kier molecular flexibility index (Phi) is 5.66. The van der Waals surface area contributed by atoms with E-state index < -0.39 is 0 Å². The second kappa shape index (κ2) is 8.31. The number of benzene rings is 2. The highest BCUT2D eigenvalue weighted by Gasteiger charge is 2.06. The molecule has 1 heterocycles. The van der Waals surface area contributed by atoms with Crippen LogP contribution in [0.2, 0.25) is 0 Å². The molecule has 0 aliphatic carbocycles. The number of hydrazone groups is 1. The van der Waals surface area contributed by atoms with Gasteiger partial charge in [0.05, 0.1) is 23.8 Å². The monoisotopic (exact) mass is 364 g/mol. The van der Waals surface area contributed by atoms with Crippen molar-refractivity contribution in [3.63, 3.8) is 0 Å². The molecule has 3 rings (SSSR count). The number of carbonyl (C=O) groups excluding carboxylic acids is 1. The van der Waals surface area contributed by atoms with Gasteiger partial charge in [0.15, 0.2) is 0 Å². The second-order valence-electron chi connectivity index (χ2n) is 6.44. The minimum Gasteiger partial charge on any atom is -0.493 e. The molecule has 6 nitrogen and oxygen atoms in total. The highest BCUT2D eigenvalue weighted by molar-refractivity contribution is 5.95. The summed E-state index contributed by atoms with van der Waals surface area (Å²) in [6.07, 6.45) is 2.59. The lowest BCUT2D eigenvalue weighted by Crippen LogP contribution is -2.18. The van der Waals surface area contributed by atoms with Crippen molar-refractivity contribution < 1.29 is 13.9 Å². The summed E-state index contributed by atoms with van der Waals surface area (Å²) < 4.78 is 11.0. The summed E-state index contributed by atoms with van der Waals surface area (Å²) in [5.74, 6) is 0.749. The molecule has 0 aliphatic rings. The number of ether oxygens (including phenoxy) is 1. The van der Waals surface area contributed by atoms with Crippen LogP contribution in [0.25, 0.3) is 11.0 Å². The summed E-state index contributed by atoms with van der Waals surface area (Å²) in [6.45, 7) is 4.75. The Morgan fingerprint density at radius 3 is 2.67 bits per heavy atom. The summed E-state index contributed by atoms with van der Waals surface area (Å²) >= 11 is 0. The van der Waals surface area contributed by atoms with Crippen LogP contribution >= 0.6 is 0 Å². The van der Waals surface area contributed by atoms with E-state index in [1.807, 2.05) is 0 Å². The Labute approximate surface area is 156 Å². The SMILES string of the molecule is CC(C)COc1ccc(C(=O)NN=Cc2coc3ccccc3c2=O)cc1. The van der Waals surface area contributed by atoms with Crippen LogP contribution in [0, 0.1) is 5.92 Å². The number of nitrogens with one attached hydrogen (secondary N) is 1. The molecule has 0 saturated heterocycles.